The number of nitrogens with one attached hydrogen (secondary N) is 1. The van der Waals surface area contributed by atoms with Crippen molar-refractivity contribution in [2.45, 2.75) is 64.2 Å². The van der Waals surface area contributed by atoms with Crippen molar-refractivity contribution < 1.29 is 5.21 Å². The molecule has 2 rings (SSSR count). The molecule has 0 amide bonds. The molecule has 1 saturated heterocycles. The molecule has 1 aliphatic heterocycles. The zero-order valence-electron chi connectivity index (χ0n) is 12.5. The maximum Gasteiger partial charge on any atom is 0.0491 e. The van der Waals surface area contributed by atoms with Crippen molar-refractivity contribution in [1.29, 1.82) is 0 Å². The van der Waals surface area contributed by atoms with E-state index in [1.165, 1.54) is 5.06 Å². The van der Waals surface area contributed by atoms with E-state index in [2.05, 4.69) is 45.1 Å². The van der Waals surface area contributed by atoms with Crippen LogP contribution in [0.3, 0.4) is 0 Å². The lowest BCUT2D eigenvalue weighted by molar-refractivity contribution is -0.156. The maximum absolute atomic E-state index is 10.4. The van der Waals surface area contributed by atoms with Gasteiger partial charge in [-0.2, -0.15) is 5.06 Å². The van der Waals surface area contributed by atoms with Gasteiger partial charge in [0.1, 0.15) is 0 Å². The normalized spacial score (nSPS) is 22.6. The molecule has 0 unspecified atom stereocenters. The lowest BCUT2D eigenvalue weighted by Gasteiger charge is -2.48. The van der Waals surface area contributed by atoms with Gasteiger partial charge in [-0.25, -0.2) is 0 Å². The van der Waals surface area contributed by atoms with E-state index < -0.39 is 0 Å². The Hall–Kier alpha value is -0.900. The number of hydrogen-bond donors (Lipinski definition) is 2. The van der Waals surface area contributed by atoms with Crippen molar-refractivity contribution in [1.82, 2.24) is 10.4 Å². The number of piperidine rings is 1. The Labute approximate surface area is 116 Å². The minimum absolute atomic E-state index is 0.0596. The van der Waals surface area contributed by atoms with Crippen molar-refractivity contribution in [3.63, 3.8) is 0 Å². The molecule has 0 aromatic heterocycles. The van der Waals surface area contributed by atoms with Gasteiger partial charge in [-0.15, -0.1) is 0 Å². The fraction of sp³-hybridized carbons (Fsp3) is 0.625. The van der Waals surface area contributed by atoms with Gasteiger partial charge in [-0.3, -0.25) is 0 Å². The van der Waals surface area contributed by atoms with Crippen LogP contribution in [0.15, 0.2) is 30.3 Å². The van der Waals surface area contributed by atoms with Gasteiger partial charge >= 0.3 is 0 Å². The van der Waals surface area contributed by atoms with E-state index in [-0.39, 0.29) is 17.1 Å². The molecular weight excluding hydrogens is 236 g/mol. The van der Waals surface area contributed by atoms with Crippen LogP contribution in [-0.2, 0) is 6.54 Å². The lowest BCUT2D eigenvalue weighted by Crippen LogP contribution is -2.61. The number of benzene rings is 1. The first-order valence-corrected chi connectivity index (χ1v) is 7.06. The smallest absolute Gasteiger partial charge is 0.0491 e. The van der Waals surface area contributed by atoms with Gasteiger partial charge in [0.25, 0.3) is 0 Å². The molecule has 1 aliphatic rings. The molecule has 3 nitrogen and oxygen atoms in total. The van der Waals surface area contributed by atoms with Crippen LogP contribution in [0.2, 0.25) is 0 Å². The van der Waals surface area contributed by atoms with Crippen molar-refractivity contribution in [2.75, 3.05) is 0 Å². The first-order chi connectivity index (χ1) is 8.77. The highest BCUT2D eigenvalue weighted by Crippen LogP contribution is 2.31. The van der Waals surface area contributed by atoms with Crippen molar-refractivity contribution in [2.24, 2.45) is 0 Å². The highest BCUT2D eigenvalue weighted by molar-refractivity contribution is 5.14. The largest absolute Gasteiger partial charge is 0.313 e. The van der Waals surface area contributed by atoms with E-state index in [1.54, 1.807) is 0 Å². The molecule has 19 heavy (non-hydrogen) atoms. The highest BCUT2D eigenvalue weighted by Gasteiger charge is 2.39. The Kier molecular flexibility index (Phi) is 4.00. The van der Waals surface area contributed by atoms with Gasteiger partial charge < -0.3 is 10.5 Å². The molecule has 0 radical (unpaired) electrons. The topological polar surface area (TPSA) is 35.5 Å². The summed E-state index contributed by atoms with van der Waals surface area (Å²) in [4.78, 5) is 0. The lowest BCUT2D eigenvalue weighted by atomic mass is 9.79. The van der Waals surface area contributed by atoms with Gasteiger partial charge in [0.2, 0.25) is 0 Å². The van der Waals surface area contributed by atoms with Gasteiger partial charge in [0.05, 0.1) is 0 Å². The fourth-order valence-corrected chi connectivity index (χ4v) is 3.38. The van der Waals surface area contributed by atoms with Crippen molar-refractivity contribution in [3.05, 3.63) is 35.9 Å². The molecule has 2 N–H and O–H groups in total. The second-order valence-corrected chi connectivity index (χ2v) is 7.04. The van der Waals surface area contributed by atoms with E-state index in [9.17, 15) is 5.21 Å². The molecule has 0 spiro atoms. The zero-order chi connectivity index (χ0) is 14.1. The monoisotopic (exact) mass is 262 g/mol. The summed E-state index contributed by atoms with van der Waals surface area (Å²) in [5.41, 5.74) is 1.27. The number of nitrogens with zero attached hydrogens (tertiary/aromatic N) is 1. The Morgan fingerprint density at radius 1 is 1.11 bits per heavy atom. The van der Waals surface area contributed by atoms with Crippen molar-refractivity contribution in [3.8, 4) is 0 Å². The summed E-state index contributed by atoms with van der Waals surface area (Å²) in [5.74, 6) is 0. The first kappa shape index (κ1) is 14.5. The molecule has 0 bridgehead atoms. The van der Waals surface area contributed by atoms with Crippen LogP contribution >= 0.6 is 0 Å². The van der Waals surface area contributed by atoms with Crippen LogP contribution < -0.4 is 5.32 Å². The summed E-state index contributed by atoms with van der Waals surface area (Å²) in [6, 6.07) is 10.3. The first-order valence-electron chi connectivity index (χ1n) is 7.06. The van der Waals surface area contributed by atoms with Gasteiger partial charge in [0, 0.05) is 23.7 Å². The molecular formula is C16H26N2O. The van der Waals surface area contributed by atoms with E-state index in [0.29, 0.717) is 6.54 Å². The van der Waals surface area contributed by atoms with E-state index in [1.807, 2.05) is 18.2 Å². The molecule has 0 aliphatic carbocycles. The molecule has 3 heteroatoms. The summed E-state index contributed by atoms with van der Waals surface area (Å²) < 4.78 is 0. The third-order valence-electron chi connectivity index (χ3n) is 3.78. The Morgan fingerprint density at radius 2 is 1.63 bits per heavy atom. The predicted molar refractivity (Wildman–Crippen MR) is 78.1 cm³/mol. The average molecular weight is 262 g/mol. The molecule has 0 saturated carbocycles. The van der Waals surface area contributed by atoms with E-state index >= 15 is 0 Å². The number of rotatable bonds is 3. The molecule has 1 aromatic carbocycles. The average Bonchev–Trinajstić information content (AvgIpc) is 2.26. The Balaban J connectivity index is 2.04. The summed E-state index contributed by atoms with van der Waals surface area (Å²) in [6.45, 7) is 9.42. The van der Waals surface area contributed by atoms with Gasteiger partial charge in [0.15, 0.2) is 0 Å². The Bertz CT molecular complexity index is 398. The molecule has 1 fully saturated rings. The molecule has 0 atom stereocenters. The number of hydrogen-bond acceptors (Lipinski definition) is 3. The number of hydroxylamine groups is 2. The fourth-order valence-electron chi connectivity index (χ4n) is 3.38. The summed E-state index contributed by atoms with van der Waals surface area (Å²) in [5, 5.41) is 15.6. The SMILES string of the molecule is CC1(C)CC(N(O)Cc2ccccc2)CC(C)(C)N1. The minimum Gasteiger partial charge on any atom is -0.313 e. The van der Waals surface area contributed by atoms with E-state index in [0.717, 1.165) is 18.4 Å². The second-order valence-electron chi connectivity index (χ2n) is 7.04. The van der Waals surface area contributed by atoms with Crippen LogP contribution in [0.25, 0.3) is 0 Å². The van der Waals surface area contributed by atoms with Crippen LogP contribution in [0, 0.1) is 0 Å². The van der Waals surface area contributed by atoms with Crippen molar-refractivity contribution >= 4 is 0 Å². The quantitative estimate of drug-likeness (QED) is 0.821. The highest BCUT2D eigenvalue weighted by atomic mass is 16.5. The Morgan fingerprint density at radius 3 is 2.16 bits per heavy atom. The van der Waals surface area contributed by atoms with Crippen LogP contribution in [0.1, 0.15) is 46.1 Å². The molecule has 1 heterocycles. The third-order valence-corrected chi connectivity index (χ3v) is 3.78. The standard InChI is InChI=1S/C16H26N2O/c1-15(2)10-14(11-16(3,4)17-15)18(19)12-13-8-6-5-7-9-13/h5-9,14,17,19H,10-12H2,1-4H3. The maximum atomic E-state index is 10.4. The summed E-state index contributed by atoms with van der Waals surface area (Å²) >= 11 is 0. The van der Waals surface area contributed by atoms with Gasteiger partial charge in [-0.1, -0.05) is 30.3 Å². The molecule has 106 valence electrons. The predicted octanol–water partition coefficient (Wildman–Crippen LogP) is 3.19. The second kappa shape index (κ2) is 5.23. The van der Waals surface area contributed by atoms with Gasteiger partial charge in [-0.05, 0) is 46.1 Å². The van der Waals surface area contributed by atoms with E-state index in [4.69, 9.17) is 0 Å². The minimum atomic E-state index is 0.0596. The summed E-state index contributed by atoms with van der Waals surface area (Å²) in [7, 11) is 0. The zero-order valence-corrected chi connectivity index (χ0v) is 12.5. The third kappa shape index (κ3) is 4.03. The molecule has 1 aromatic rings. The van der Waals surface area contributed by atoms with Crippen LogP contribution in [0.4, 0.5) is 0 Å². The van der Waals surface area contributed by atoms with Crippen LogP contribution in [-0.4, -0.2) is 27.4 Å². The van der Waals surface area contributed by atoms with Crippen LogP contribution in [0.5, 0.6) is 0 Å². The summed E-state index contributed by atoms with van der Waals surface area (Å²) in [6.07, 6.45) is 1.92.